The van der Waals surface area contributed by atoms with Gasteiger partial charge in [-0.15, -0.1) is 0 Å². The molecular formula is C15H21ClN2O2Si. The normalized spacial score (nSPS) is 12.0. The molecule has 0 fully saturated rings. The second kappa shape index (κ2) is 6.30. The summed E-state index contributed by atoms with van der Waals surface area (Å²) in [6.45, 7) is 9.68. The van der Waals surface area contributed by atoms with Gasteiger partial charge in [-0.05, 0) is 19.0 Å². The molecule has 0 aliphatic rings. The minimum Gasteiger partial charge on any atom is -0.361 e. The zero-order valence-electron chi connectivity index (χ0n) is 12.9. The van der Waals surface area contributed by atoms with Gasteiger partial charge in [0.1, 0.15) is 12.4 Å². The number of hydrogen-bond donors (Lipinski definition) is 0. The third-order valence-corrected chi connectivity index (χ3v) is 5.44. The molecule has 0 amide bonds. The van der Waals surface area contributed by atoms with Crippen LogP contribution < -0.4 is 0 Å². The van der Waals surface area contributed by atoms with E-state index in [-0.39, 0.29) is 5.78 Å². The molecule has 21 heavy (non-hydrogen) atoms. The first kappa shape index (κ1) is 16.2. The fraction of sp³-hybridized carbons (Fsp3) is 0.467. The second-order valence-corrected chi connectivity index (χ2v) is 12.4. The minimum absolute atomic E-state index is 0.0754. The molecule has 2 aromatic rings. The number of carbonyl (C=O) groups excluding carboxylic acids is 1. The van der Waals surface area contributed by atoms with Gasteiger partial charge in [-0.25, -0.2) is 4.98 Å². The molecular weight excluding hydrogens is 304 g/mol. The molecule has 0 spiro atoms. The first-order valence-electron chi connectivity index (χ1n) is 7.01. The van der Waals surface area contributed by atoms with Crippen molar-refractivity contribution in [1.29, 1.82) is 0 Å². The topological polar surface area (TPSA) is 44.1 Å². The number of hydrogen-bond acceptors (Lipinski definition) is 3. The fourth-order valence-electron chi connectivity index (χ4n) is 2.00. The van der Waals surface area contributed by atoms with Crippen LogP contribution in [0.3, 0.4) is 0 Å². The smallest absolute Gasteiger partial charge is 0.162 e. The lowest BCUT2D eigenvalue weighted by Gasteiger charge is -2.15. The molecule has 0 unspecified atom stereocenters. The number of pyridine rings is 1. The maximum Gasteiger partial charge on any atom is 0.162 e. The summed E-state index contributed by atoms with van der Waals surface area (Å²) < 4.78 is 7.64. The van der Waals surface area contributed by atoms with E-state index < -0.39 is 8.07 Å². The number of carbonyl (C=O) groups is 1. The Morgan fingerprint density at radius 3 is 2.76 bits per heavy atom. The van der Waals surface area contributed by atoms with Crippen LogP contribution in [-0.2, 0) is 11.5 Å². The van der Waals surface area contributed by atoms with Crippen LogP contribution in [-0.4, -0.2) is 30.0 Å². The van der Waals surface area contributed by atoms with Crippen molar-refractivity contribution in [2.45, 2.75) is 39.3 Å². The van der Waals surface area contributed by atoms with Crippen molar-refractivity contribution in [3.05, 3.63) is 29.0 Å². The molecule has 0 saturated carbocycles. The van der Waals surface area contributed by atoms with Gasteiger partial charge >= 0.3 is 0 Å². The number of ketones is 1. The Hall–Kier alpha value is -1.17. The summed E-state index contributed by atoms with van der Waals surface area (Å²) in [5, 5.41) is 1.26. The van der Waals surface area contributed by atoms with Gasteiger partial charge in [0.05, 0.1) is 10.6 Å². The number of fused-ring (bicyclic) bond motifs is 1. The van der Waals surface area contributed by atoms with Crippen LogP contribution in [0.25, 0.3) is 11.0 Å². The maximum absolute atomic E-state index is 11.5. The van der Waals surface area contributed by atoms with E-state index in [0.717, 1.165) is 23.7 Å². The highest BCUT2D eigenvalue weighted by molar-refractivity contribution is 6.76. The van der Waals surface area contributed by atoms with Gasteiger partial charge in [0.25, 0.3) is 0 Å². The van der Waals surface area contributed by atoms with E-state index in [9.17, 15) is 4.79 Å². The summed E-state index contributed by atoms with van der Waals surface area (Å²) in [6.07, 6.45) is 3.42. The standard InChI is InChI=1S/C15H21ClN2O2Si/c1-11(19)13-9-17-15-12(14(13)16)5-6-18(15)10-20-7-8-21(2,3)4/h5-6,9H,7-8,10H2,1-4H3. The Bertz CT molecular complexity index is 661. The SMILES string of the molecule is CC(=O)c1cnc2c(ccn2COCC[Si](C)(C)C)c1Cl. The zero-order chi connectivity index (χ0) is 15.6. The van der Waals surface area contributed by atoms with Crippen LogP contribution in [0, 0.1) is 0 Å². The third kappa shape index (κ3) is 3.93. The van der Waals surface area contributed by atoms with Gasteiger partial charge in [0.15, 0.2) is 5.78 Å². The van der Waals surface area contributed by atoms with Crippen molar-refractivity contribution < 1.29 is 9.53 Å². The van der Waals surface area contributed by atoms with E-state index in [4.69, 9.17) is 16.3 Å². The number of ether oxygens (including phenoxy) is 1. The van der Waals surface area contributed by atoms with E-state index in [1.165, 1.54) is 13.1 Å². The summed E-state index contributed by atoms with van der Waals surface area (Å²) in [4.78, 5) is 15.8. The predicted octanol–water partition coefficient (Wildman–Crippen LogP) is 4.20. The molecule has 0 N–H and O–H groups in total. The molecule has 0 aliphatic heterocycles. The Morgan fingerprint density at radius 1 is 1.43 bits per heavy atom. The highest BCUT2D eigenvalue weighted by atomic mass is 35.5. The van der Waals surface area contributed by atoms with E-state index in [1.807, 2.05) is 16.8 Å². The van der Waals surface area contributed by atoms with Gasteiger partial charge in [0, 0.05) is 32.5 Å². The lowest BCUT2D eigenvalue weighted by atomic mass is 10.2. The number of nitrogens with zero attached hydrogens (tertiary/aromatic N) is 2. The first-order chi connectivity index (χ1) is 9.79. The summed E-state index contributed by atoms with van der Waals surface area (Å²) in [6, 6.07) is 3.01. The summed E-state index contributed by atoms with van der Waals surface area (Å²) in [7, 11) is -1.07. The number of aromatic nitrogens is 2. The van der Waals surface area contributed by atoms with E-state index in [1.54, 1.807) is 0 Å². The lowest BCUT2D eigenvalue weighted by molar-refractivity contribution is 0.0899. The fourth-order valence-corrected chi connectivity index (χ4v) is 3.08. The van der Waals surface area contributed by atoms with Crippen LogP contribution in [0.2, 0.25) is 30.7 Å². The third-order valence-electron chi connectivity index (χ3n) is 3.33. The monoisotopic (exact) mass is 324 g/mol. The van der Waals surface area contributed by atoms with Crippen molar-refractivity contribution in [3.63, 3.8) is 0 Å². The van der Waals surface area contributed by atoms with Crippen molar-refractivity contribution >= 4 is 36.5 Å². The number of halogens is 1. The number of Topliss-reactive ketones (excluding diaryl/α,β-unsaturated/α-hetero) is 1. The van der Waals surface area contributed by atoms with Crippen LogP contribution in [0.5, 0.6) is 0 Å². The van der Waals surface area contributed by atoms with E-state index >= 15 is 0 Å². The van der Waals surface area contributed by atoms with Crippen LogP contribution >= 0.6 is 11.6 Å². The molecule has 0 radical (unpaired) electrons. The van der Waals surface area contributed by atoms with Crippen molar-refractivity contribution in [1.82, 2.24) is 9.55 Å². The number of rotatable bonds is 6. The zero-order valence-corrected chi connectivity index (χ0v) is 14.7. The Morgan fingerprint density at radius 2 is 2.14 bits per heavy atom. The minimum atomic E-state index is -1.07. The Kier molecular flexibility index (Phi) is 4.86. The largest absolute Gasteiger partial charge is 0.361 e. The average molecular weight is 325 g/mol. The van der Waals surface area contributed by atoms with E-state index in [2.05, 4.69) is 24.6 Å². The van der Waals surface area contributed by atoms with Crippen molar-refractivity contribution in [2.75, 3.05) is 6.61 Å². The van der Waals surface area contributed by atoms with Crippen LogP contribution in [0.4, 0.5) is 0 Å². The van der Waals surface area contributed by atoms with E-state index in [0.29, 0.717) is 17.3 Å². The van der Waals surface area contributed by atoms with Gasteiger partial charge in [-0.1, -0.05) is 31.2 Å². The summed E-state index contributed by atoms with van der Waals surface area (Å²) in [5.41, 5.74) is 1.21. The summed E-state index contributed by atoms with van der Waals surface area (Å²) >= 11 is 6.26. The molecule has 2 aromatic heterocycles. The van der Waals surface area contributed by atoms with Crippen molar-refractivity contribution in [2.24, 2.45) is 0 Å². The molecule has 4 nitrogen and oxygen atoms in total. The molecule has 6 heteroatoms. The lowest BCUT2D eigenvalue weighted by Crippen LogP contribution is -2.22. The quantitative estimate of drug-likeness (QED) is 0.454. The Labute approximate surface area is 131 Å². The molecule has 2 rings (SSSR count). The van der Waals surface area contributed by atoms with Gasteiger partial charge < -0.3 is 9.30 Å². The highest BCUT2D eigenvalue weighted by Gasteiger charge is 2.14. The maximum atomic E-state index is 11.5. The first-order valence-corrected chi connectivity index (χ1v) is 11.1. The van der Waals surface area contributed by atoms with Gasteiger partial charge in [-0.2, -0.15) is 0 Å². The molecule has 114 valence electrons. The molecule has 0 bridgehead atoms. The van der Waals surface area contributed by atoms with Crippen molar-refractivity contribution in [3.8, 4) is 0 Å². The van der Waals surface area contributed by atoms with Crippen LogP contribution in [0.15, 0.2) is 18.5 Å². The van der Waals surface area contributed by atoms with Gasteiger partial charge in [0.2, 0.25) is 0 Å². The molecule has 2 heterocycles. The summed E-state index contributed by atoms with van der Waals surface area (Å²) in [5.74, 6) is -0.0754. The molecule has 0 aromatic carbocycles. The second-order valence-electron chi connectivity index (χ2n) is 6.41. The predicted molar refractivity (Wildman–Crippen MR) is 88.9 cm³/mol. The highest BCUT2D eigenvalue weighted by Crippen LogP contribution is 2.26. The molecule has 0 atom stereocenters. The van der Waals surface area contributed by atoms with Gasteiger partial charge in [-0.3, -0.25) is 4.79 Å². The Balaban J connectivity index is 2.12. The average Bonchev–Trinajstić information content (AvgIpc) is 2.77. The molecule has 0 aliphatic carbocycles. The molecule has 0 saturated heterocycles. The van der Waals surface area contributed by atoms with Crippen LogP contribution in [0.1, 0.15) is 17.3 Å².